The van der Waals surface area contributed by atoms with Crippen LogP contribution in [0.3, 0.4) is 0 Å². The zero-order valence-electron chi connectivity index (χ0n) is 16.0. The molecule has 1 aliphatic rings. The maximum Gasteiger partial charge on any atom is 0.235 e. The number of fused-ring (bicyclic) bond motifs is 1. The topological polar surface area (TPSA) is 61.7 Å². The highest BCUT2D eigenvalue weighted by atomic mass is 19.1. The second-order valence-electron chi connectivity index (χ2n) is 7.36. The van der Waals surface area contributed by atoms with Gasteiger partial charge in [0, 0.05) is 35.1 Å². The predicted molar refractivity (Wildman–Crippen MR) is 111 cm³/mol. The van der Waals surface area contributed by atoms with E-state index in [0.717, 1.165) is 36.2 Å². The molecule has 0 aliphatic heterocycles. The third-order valence-electron chi connectivity index (χ3n) is 5.65. The number of rotatable bonds is 4. The fraction of sp³-hybridized carbons (Fsp3) is 0.217. The fourth-order valence-corrected chi connectivity index (χ4v) is 4.29. The van der Waals surface area contributed by atoms with E-state index in [0.29, 0.717) is 23.8 Å². The van der Waals surface area contributed by atoms with Gasteiger partial charge in [-0.15, -0.1) is 0 Å². The summed E-state index contributed by atoms with van der Waals surface area (Å²) in [5.74, 6) is 0.600. The quantitative estimate of drug-likeness (QED) is 0.570. The van der Waals surface area contributed by atoms with Crippen molar-refractivity contribution in [2.45, 2.75) is 25.2 Å². The van der Waals surface area contributed by atoms with Crippen molar-refractivity contribution in [2.75, 3.05) is 6.54 Å². The monoisotopic (exact) mass is 387 g/mol. The number of hydrogen-bond acceptors (Lipinski definition) is 3. The molecule has 0 radical (unpaired) electrons. The van der Waals surface area contributed by atoms with Crippen LogP contribution in [0.2, 0.25) is 0 Å². The minimum atomic E-state index is -0.271. The Morgan fingerprint density at radius 1 is 1.07 bits per heavy atom. The standard InChI is InChI=1S/C23H22FN5/c24-19-11-5-4-10-18(19)22-21-16(15-25)7-6-12-20(21)29(27-22)23-26-13-14-28(23)17-8-2-1-3-9-17/h1-5,8-11,13-14,16H,6-7,12,15,25H2. The van der Waals surface area contributed by atoms with E-state index in [4.69, 9.17) is 10.8 Å². The van der Waals surface area contributed by atoms with Crippen LogP contribution in [0.25, 0.3) is 22.9 Å². The zero-order chi connectivity index (χ0) is 19.8. The first-order valence-electron chi connectivity index (χ1n) is 9.94. The molecule has 1 aliphatic carbocycles. The Morgan fingerprint density at radius 2 is 1.86 bits per heavy atom. The van der Waals surface area contributed by atoms with Crippen LogP contribution in [-0.4, -0.2) is 25.9 Å². The summed E-state index contributed by atoms with van der Waals surface area (Å²) >= 11 is 0. The molecule has 2 aromatic heterocycles. The van der Waals surface area contributed by atoms with Crippen LogP contribution in [0.4, 0.5) is 4.39 Å². The SMILES string of the molecule is NCC1CCCc2c1c(-c1ccccc1F)nn2-c1nccn1-c1ccccc1. The van der Waals surface area contributed by atoms with Crippen molar-refractivity contribution in [1.82, 2.24) is 19.3 Å². The summed E-state index contributed by atoms with van der Waals surface area (Å²) in [5, 5.41) is 4.89. The Kier molecular flexibility index (Phi) is 4.48. The van der Waals surface area contributed by atoms with Crippen LogP contribution in [0.5, 0.6) is 0 Å². The van der Waals surface area contributed by atoms with Crippen LogP contribution in [0, 0.1) is 5.82 Å². The van der Waals surface area contributed by atoms with Crippen molar-refractivity contribution in [2.24, 2.45) is 5.73 Å². The Hall–Kier alpha value is -3.25. The van der Waals surface area contributed by atoms with E-state index in [9.17, 15) is 4.39 Å². The lowest BCUT2D eigenvalue weighted by molar-refractivity contribution is 0.546. The summed E-state index contributed by atoms with van der Waals surface area (Å²) in [7, 11) is 0. The van der Waals surface area contributed by atoms with Gasteiger partial charge in [0.15, 0.2) is 0 Å². The maximum atomic E-state index is 14.7. The highest BCUT2D eigenvalue weighted by molar-refractivity contribution is 5.67. The van der Waals surface area contributed by atoms with Crippen molar-refractivity contribution < 1.29 is 4.39 Å². The largest absolute Gasteiger partial charge is 0.330 e. The Morgan fingerprint density at radius 3 is 2.66 bits per heavy atom. The van der Waals surface area contributed by atoms with Crippen LogP contribution in [0.1, 0.15) is 30.0 Å². The van der Waals surface area contributed by atoms with E-state index in [1.54, 1.807) is 18.3 Å². The van der Waals surface area contributed by atoms with Crippen LogP contribution in [-0.2, 0) is 6.42 Å². The lowest BCUT2D eigenvalue weighted by atomic mass is 9.84. The van der Waals surface area contributed by atoms with Crippen molar-refractivity contribution in [3.05, 3.63) is 84.1 Å². The number of imidazole rings is 1. The molecule has 4 aromatic rings. The molecule has 1 atom stereocenters. The van der Waals surface area contributed by atoms with Gasteiger partial charge in [-0.25, -0.2) is 14.1 Å². The molecule has 2 heterocycles. The molecular weight excluding hydrogens is 365 g/mol. The summed E-state index contributed by atoms with van der Waals surface area (Å²) in [6.07, 6.45) is 6.58. The zero-order valence-corrected chi connectivity index (χ0v) is 16.0. The minimum Gasteiger partial charge on any atom is -0.330 e. The Balaban J connectivity index is 1.75. The average molecular weight is 387 g/mol. The van der Waals surface area contributed by atoms with Gasteiger partial charge in [-0.05, 0) is 50.1 Å². The number of para-hydroxylation sites is 1. The van der Waals surface area contributed by atoms with Crippen molar-refractivity contribution in [1.29, 1.82) is 0 Å². The normalized spacial score (nSPS) is 16.0. The number of nitrogens with zero attached hydrogens (tertiary/aromatic N) is 4. The fourth-order valence-electron chi connectivity index (χ4n) is 4.29. The first kappa shape index (κ1) is 17.8. The molecule has 2 aromatic carbocycles. The summed E-state index contributed by atoms with van der Waals surface area (Å²) in [6, 6.07) is 16.8. The number of aromatic nitrogens is 4. The van der Waals surface area contributed by atoms with Crippen LogP contribution in [0.15, 0.2) is 67.0 Å². The minimum absolute atomic E-state index is 0.169. The van der Waals surface area contributed by atoms with E-state index in [1.165, 1.54) is 6.07 Å². The van der Waals surface area contributed by atoms with E-state index in [1.807, 2.05) is 51.8 Å². The second-order valence-corrected chi connectivity index (χ2v) is 7.36. The van der Waals surface area contributed by atoms with E-state index < -0.39 is 0 Å². The summed E-state index contributed by atoms with van der Waals surface area (Å²) in [6.45, 7) is 0.521. The molecule has 0 fully saturated rings. The summed E-state index contributed by atoms with van der Waals surface area (Å²) in [5.41, 5.74) is 10.4. The van der Waals surface area contributed by atoms with Crippen LogP contribution < -0.4 is 5.73 Å². The molecule has 6 heteroatoms. The molecule has 0 bridgehead atoms. The second kappa shape index (κ2) is 7.29. The number of hydrogen-bond donors (Lipinski definition) is 1. The lowest BCUT2D eigenvalue weighted by Gasteiger charge is -2.23. The number of nitrogens with two attached hydrogens (primary N) is 1. The highest BCUT2D eigenvalue weighted by Gasteiger charge is 2.31. The van der Waals surface area contributed by atoms with Gasteiger partial charge in [-0.1, -0.05) is 30.3 Å². The number of benzene rings is 2. The van der Waals surface area contributed by atoms with Crippen molar-refractivity contribution >= 4 is 0 Å². The van der Waals surface area contributed by atoms with E-state index in [2.05, 4.69) is 4.98 Å². The molecule has 0 amide bonds. The summed E-state index contributed by atoms with van der Waals surface area (Å²) < 4.78 is 18.6. The molecular formula is C23H22FN5. The molecule has 0 spiro atoms. The van der Waals surface area contributed by atoms with E-state index >= 15 is 0 Å². The van der Waals surface area contributed by atoms with Gasteiger partial charge in [0.25, 0.3) is 0 Å². The first-order valence-corrected chi connectivity index (χ1v) is 9.94. The highest BCUT2D eigenvalue weighted by Crippen LogP contribution is 2.39. The van der Waals surface area contributed by atoms with Gasteiger partial charge >= 0.3 is 0 Å². The first-order chi connectivity index (χ1) is 14.3. The molecule has 1 unspecified atom stereocenters. The van der Waals surface area contributed by atoms with Gasteiger partial charge < -0.3 is 5.73 Å². The molecule has 5 nitrogen and oxygen atoms in total. The van der Waals surface area contributed by atoms with Crippen LogP contribution >= 0.6 is 0 Å². The molecule has 2 N–H and O–H groups in total. The van der Waals surface area contributed by atoms with E-state index in [-0.39, 0.29) is 11.7 Å². The predicted octanol–water partition coefficient (Wildman–Crippen LogP) is 4.24. The molecule has 0 saturated heterocycles. The third-order valence-corrected chi connectivity index (χ3v) is 5.65. The molecule has 29 heavy (non-hydrogen) atoms. The van der Waals surface area contributed by atoms with Gasteiger partial charge in [0.1, 0.15) is 5.82 Å². The summed E-state index contributed by atoms with van der Waals surface area (Å²) in [4.78, 5) is 4.59. The maximum absolute atomic E-state index is 14.7. The Labute approximate surface area is 168 Å². The molecule has 0 saturated carbocycles. The lowest BCUT2D eigenvalue weighted by Crippen LogP contribution is -2.20. The third kappa shape index (κ3) is 2.96. The molecule has 5 rings (SSSR count). The number of halogens is 1. The molecule has 146 valence electrons. The van der Waals surface area contributed by atoms with Gasteiger partial charge in [0.05, 0.1) is 11.4 Å². The van der Waals surface area contributed by atoms with Crippen molar-refractivity contribution in [3.63, 3.8) is 0 Å². The smallest absolute Gasteiger partial charge is 0.235 e. The Bertz CT molecular complexity index is 1150. The van der Waals surface area contributed by atoms with Gasteiger partial charge in [-0.2, -0.15) is 5.10 Å². The van der Waals surface area contributed by atoms with Gasteiger partial charge in [0.2, 0.25) is 5.95 Å². The van der Waals surface area contributed by atoms with Crippen molar-refractivity contribution in [3.8, 4) is 22.9 Å². The average Bonchev–Trinajstić information content (AvgIpc) is 3.39. The van der Waals surface area contributed by atoms with Gasteiger partial charge in [-0.3, -0.25) is 4.57 Å².